The van der Waals surface area contributed by atoms with Crippen LogP contribution in [0.5, 0.6) is 0 Å². The van der Waals surface area contributed by atoms with E-state index >= 15 is 0 Å². The van der Waals surface area contributed by atoms with Crippen LogP contribution in [0.2, 0.25) is 0 Å². The van der Waals surface area contributed by atoms with Gasteiger partial charge in [0.15, 0.2) is 0 Å². The lowest BCUT2D eigenvalue weighted by Gasteiger charge is -2.10. The molecule has 0 fully saturated rings. The fourth-order valence-electron chi connectivity index (χ4n) is 5.62. The predicted molar refractivity (Wildman–Crippen MR) is 202 cm³/mol. The Morgan fingerprint density at radius 3 is 1.51 bits per heavy atom. The summed E-state index contributed by atoms with van der Waals surface area (Å²) in [6.45, 7) is 3.77. The van der Waals surface area contributed by atoms with E-state index in [4.69, 9.17) is 16.7 Å². The predicted octanol–water partition coefficient (Wildman–Crippen LogP) is 6.68. The van der Waals surface area contributed by atoms with Crippen LogP contribution in [0.1, 0.15) is 17.2 Å². The van der Waals surface area contributed by atoms with E-state index in [-0.39, 0.29) is 5.69 Å². The van der Waals surface area contributed by atoms with Crippen molar-refractivity contribution in [3.8, 4) is 18.0 Å². The average molecular weight is 703 g/mol. The average Bonchev–Trinajstić information content (AvgIpc) is 3.67. The van der Waals surface area contributed by atoms with Gasteiger partial charge in [0.05, 0.1) is 38.6 Å². The number of imidazole rings is 2. The van der Waals surface area contributed by atoms with Crippen LogP contribution in [0.4, 0.5) is 40.3 Å². The maximum Gasteiger partial charge on any atom is 0.269 e. The Morgan fingerprint density at radius 1 is 0.642 bits per heavy atom. The number of rotatable bonds is 7. The molecule has 0 saturated heterocycles. The topological polar surface area (TPSA) is 230 Å². The minimum Gasteiger partial charge on any atom is -0.383 e. The van der Waals surface area contributed by atoms with Crippen LogP contribution >= 0.6 is 0 Å². The number of fused-ring (bicyclic) bond motifs is 2. The summed E-state index contributed by atoms with van der Waals surface area (Å²) in [4.78, 5) is 37.2. The third-order valence-corrected chi connectivity index (χ3v) is 7.96. The minimum atomic E-state index is -0.447. The molecule has 4 heterocycles. The molecule has 8 aromatic rings. The van der Waals surface area contributed by atoms with Crippen molar-refractivity contribution in [1.82, 2.24) is 39.0 Å². The molecule has 0 aliphatic carbocycles. The molecule has 6 N–H and O–H groups in total. The van der Waals surface area contributed by atoms with Crippen molar-refractivity contribution in [3.05, 3.63) is 137 Å². The van der Waals surface area contributed by atoms with Crippen LogP contribution in [-0.4, -0.2) is 44.0 Å². The van der Waals surface area contributed by atoms with Gasteiger partial charge in [0, 0.05) is 35.6 Å². The number of nitrogens with two attached hydrogens (primary N) is 2. The first-order chi connectivity index (χ1) is 25.6. The molecule has 0 amide bonds. The van der Waals surface area contributed by atoms with Gasteiger partial charge in [-0.2, -0.15) is 25.2 Å². The quantitative estimate of drug-likeness (QED) is 0.100. The molecule has 4 aromatic heterocycles. The molecule has 0 saturated carbocycles. The van der Waals surface area contributed by atoms with E-state index in [9.17, 15) is 10.1 Å². The zero-order valence-corrected chi connectivity index (χ0v) is 28.3. The molecule has 16 nitrogen and oxygen atoms in total. The SMILES string of the molecule is Cc1nc2ccccc2n1-c1nc(N)cc(Nc2ccc(C#N)cc2)n1.Cc1nc2ccccc2n1-c1nc(N)cc(Nc2ccc([N+](=O)[O-])cc2)n1. The summed E-state index contributed by atoms with van der Waals surface area (Å²) in [6, 6.07) is 34.0. The normalized spacial score (nSPS) is 10.7. The number of anilines is 6. The van der Waals surface area contributed by atoms with Crippen LogP contribution in [0, 0.1) is 35.3 Å². The van der Waals surface area contributed by atoms with Crippen LogP contribution in [0.15, 0.2) is 109 Å². The van der Waals surface area contributed by atoms with Gasteiger partial charge < -0.3 is 22.1 Å². The van der Waals surface area contributed by atoms with Crippen molar-refractivity contribution < 1.29 is 4.92 Å². The fraction of sp³-hybridized carbons (Fsp3) is 0.0541. The van der Waals surface area contributed by atoms with Gasteiger partial charge in [-0.15, -0.1) is 0 Å². The van der Waals surface area contributed by atoms with Gasteiger partial charge in [-0.1, -0.05) is 24.3 Å². The second-order valence-corrected chi connectivity index (χ2v) is 11.7. The molecule has 8 rings (SSSR count). The number of hydrogen-bond acceptors (Lipinski definition) is 13. The number of nitrogen functional groups attached to an aromatic ring is 2. The lowest BCUT2D eigenvalue weighted by molar-refractivity contribution is -0.384. The van der Waals surface area contributed by atoms with E-state index in [0.717, 1.165) is 39.4 Å². The third-order valence-electron chi connectivity index (χ3n) is 7.96. The molecular formula is C37H30N14O2. The number of benzene rings is 4. The number of nitrogens with zero attached hydrogens (tertiary/aromatic N) is 10. The Balaban J connectivity index is 0.000000164. The highest BCUT2D eigenvalue weighted by Crippen LogP contribution is 2.25. The van der Waals surface area contributed by atoms with Crippen LogP contribution < -0.4 is 22.1 Å². The zero-order chi connectivity index (χ0) is 37.1. The number of aryl methyl sites for hydroxylation is 2. The lowest BCUT2D eigenvalue weighted by atomic mass is 10.2. The van der Waals surface area contributed by atoms with Crippen molar-refractivity contribution in [3.63, 3.8) is 0 Å². The molecule has 4 aromatic carbocycles. The molecule has 0 radical (unpaired) electrons. The summed E-state index contributed by atoms with van der Waals surface area (Å²) in [7, 11) is 0. The molecule has 53 heavy (non-hydrogen) atoms. The van der Waals surface area contributed by atoms with E-state index < -0.39 is 4.92 Å². The number of aromatic nitrogens is 8. The van der Waals surface area contributed by atoms with Gasteiger partial charge in [-0.3, -0.25) is 19.2 Å². The maximum absolute atomic E-state index is 10.8. The van der Waals surface area contributed by atoms with E-state index in [1.165, 1.54) is 12.1 Å². The van der Waals surface area contributed by atoms with Crippen molar-refractivity contribution in [2.24, 2.45) is 0 Å². The molecule has 0 aliphatic heterocycles. The first-order valence-electron chi connectivity index (χ1n) is 16.1. The largest absolute Gasteiger partial charge is 0.383 e. The van der Waals surface area contributed by atoms with Crippen molar-refractivity contribution in [1.29, 1.82) is 5.26 Å². The summed E-state index contributed by atoms with van der Waals surface area (Å²) in [6.07, 6.45) is 0. The van der Waals surface area contributed by atoms with E-state index in [2.05, 4.69) is 46.6 Å². The Kier molecular flexibility index (Phi) is 8.95. The van der Waals surface area contributed by atoms with Crippen LogP contribution in [-0.2, 0) is 0 Å². The van der Waals surface area contributed by atoms with Crippen molar-refractivity contribution >= 4 is 62.4 Å². The molecule has 0 bridgehead atoms. The standard InChI is InChI=1S/C19H15N7.C18H15N7O2/c1-12-22-15-4-2-3-5-16(15)26(12)19-24-17(21)10-18(25-19)23-14-8-6-13(11-20)7-9-14;1-11-20-14-4-2-3-5-15(14)24(11)18-22-16(19)10-17(23-18)21-12-6-8-13(9-7-12)25(26)27/h2-10H,1H3,(H3,21,23,24,25);2-10H,1H3,(H3,19,21,22,23). The highest BCUT2D eigenvalue weighted by molar-refractivity contribution is 5.78. The monoisotopic (exact) mass is 702 g/mol. The molecule has 0 unspecified atom stereocenters. The van der Waals surface area contributed by atoms with Crippen molar-refractivity contribution in [2.45, 2.75) is 13.8 Å². The highest BCUT2D eigenvalue weighted by atomic mass is 16.6. The highest BCUT2D eigenvalue weighted by Gasteiger charge is 2.15. The second-order valence-electron chi connectivity index (χ2n) is 11.7. The Morgan fingerprint density at radius 2 is 1.08 bits per heavy atom. The summed E-state index contributed by atoms with van der Waals surface area (Å²) < 4.78 is 3.70. The zero-order valence-electron chi connectivity index (χ0n) is 28.3. The van der Waals surface area contributed by atoms with E-state index in [1.807, 2.05) is 83.6 Å². The van der Waals surface area contributed by atoms with Crippen molar-refractivity contribution in [2.75, 3.05) is 22.1 Å². The Hall–Kier alpha value is -7.93. The summed E-state index contributed by atoms with van der Waals surface area (Å²) in [5.41, 5.74) is 17.5. The Bertz CT molecular complexity index is 2660. The second kappa shape index (κ2) is 14.1. The molecule has 0 spiro atoms. The number of hydrogen-bond donors (Lipinski definition) is 4. The Labute approximate surface area is 301 Å². The van der Waals surface area contributed by atoms with Gasteiger partial charge in [0.25, 0.3) is 5.69 Å². The first-order valence-corrected chi connectivity index (χ1v) is 16.1. The number of nitriles is 1. The van der Waals surface area contributed by atoms with E-state index in [0.29, 0.717) is 46.4 Å². The maximum atomic E-state index is 10.8. The lowest BCUT2D eigenvalue weighted by Crippen LogP contribution is -2.07. The van der Waals surface area contributed by atoms with Gasteiger partial charge in [-0.25, -0.2) is 9.97 Å². The number of nitro groups is 1. The van der Waals surface area contributed by atoms with Crippen LogP contribution in [0.3, 0.4) is 0 Å². The molecule has 0 atom stereocenters. The van der Waals surface area contributed by atoms with Gasteiger partial charge in [-0.05, 0) is 74.5 Å². The van der Waals surface area contributed by atoms with Crippen LogP contribution in [0.25, 0.3) is 34.0 Å². The smallest absolute Gasteiger partial charge is 0.269 e. The van der Waals surface area contributed by atoms with Gasteiger partial charge >= 0.3 is 0 Å². The molecular weight excluding hydrogens is 673 g/mol. The molecule has 260 valence electrons. The number of nitro benzene ring substituents is 1. The molecule has 0 aliphatic rings. The number of nitrogens with one attached hydrogen (secondary N) is 2. The first kappa shape index (κ1) is 33.6. The van der Waals surface area contributed by atoms with E-state index in [1.54, 1.807) is 36.4 Å². The number of para-hydroxylation sites is 4. The van der Waals surface area contributed by atoms with Gasteiger partial charge in [0.1, 0.15) is 34.9 Å². The molecule has 16 heteroatoms. The minimum absolute atomic E-state index is 0.0175. The number of non-ortho nitro benzene ring substituents is 1. The summed E-state index contributed by atoms with van der Waals surface area (Å²) in [5, 5.41) is 25.9. The summed E-state index contributed by atoms with van der Waals surface area (Å²) in [5.74, 6) is 4.05. The van der Waals surface area contributed by atoms with Gasteiger partial charge in [0.2, 0.25) is 11.9 Å². The third kappa shape index (κ3) is 7.20. The fourth-order valence-corrected chi connectivity index (χ4v) is 5.62. The summed E-state index contributed by atoms with van der Waals surface area (Å²) >= 11 is 0.